The fraction of sp³-hybridized carbons (Fsp3) is 0.217. The van der Waals surface area contributed by atoms with Gasteiger partial charge < -0.3 is 10.2 Å². The van der Waals surface area contributed by atoms with Crippen LogP contribution in [0.1, 0.15) is 29.4 Å². The summed E-state index contributed by atoms with van der Waals surface area (Å²) in [6, 6.07) is 12.9. The summed E-state index contributed by atoms with van der Waals surface area (Å²) in [7, 11) is 0. The monoisotopic (exact) mass is 438 g/mol. The molecule has 3 aromatic rings. The molecule has 1 aromatic heterocycles. The van der Waals surface area contributed by atoms with E-state index in [9.17, 15) is 23.2 Å². The number of hydrogen-bond acceptors (Lipinski definition) is 4. The molecule has 9 heteroatoms. The number of nitrogens with one attached hydrogen (secondary N) is 1. The SMILES string of the molecule is C[C@H]1Cc2ccccc2N1C(=O)c1ccc(=O)n(CCC(=O)Nc2ccc(F)cc2F)n1. The second-order valence-corrected chi connectivity index (χ2v) is 7.56. The van der Waals surface area contributed by atoms with E-state index in [-0.39, 0.29) is 36.3 Å². The highest BCUT2D eigenvalue weighted by atomic mass is 19.1. The summed E-state index contributed by atoms with van der Waals surface area (Å²) < 4.78 is 27.7. The number of carbonyl (C=O) groups excluding carboxylic acids is 2. The quantitative estimate of drug-likeness (QED) is 0.663. The minimum Gasteiger partial charge on any atom is -0.324 e. The lowest BCUT2D eigenvalue weighted by atomic mass is 10.1. The standard InChI is InChI=1S/C23H20F2N4O3/c1-14-12-15-4-2-3-5-20(15)29(14)23(32)19-8-9-22(31)28(27-19)11-10-21(30)26-18-7-6-16(24)13-17(18)25/h2-9,13-14H,10-12H2,1H3,(H,26,30)/t14-/m0/s1. The van der Waals surface area contributed by atoms with Gasteiger partial charge in [-0.2, -0.15) is 5.10 Å². The van der Waals surface area contributed by atoms with Crippen molar-refractivity contribution >= 4 is 23.2 Å². The van der Waals surface area contributed by atoms with Gasteiger partial charge in [0.25, 0.3) is 11.5 Å². The Morgan fingerprint density at radius 3 is 2.69 bits per heavy atom. The molecule has 7 nitrogen and oxygen atoms in total. The summed E-state index contributed by atoms with van der Waals surface area (Å²) in [5.74, 6) is -2.58. The molecule has 1 N–H and O–H groups in total. The molecular formula is C23H20F2N4O3. The maximum absolute atomic E-state index is 13.7. The van der Waals surface area contributed by atoms with Crippen LogP contribution in [0.4, 0.5) is 20.2 Å². The van der Waals surface area contributed by atoms with E-state index >= 15 is 0 Å². The van der Waals surface area contributed by atoms with E-state index in [1.807, 2.05) is 31.2 Å². The van der Waals surface area contributed by atoms with E-state index in [1.54, 1.807) is 4.90 Å². The van der Waals surface area contributed by atoms with Crippen LogP contribution in [0.15, 0.2) is 59.4 Å². The zero-order valence-corrected chi connectivity index (χ0v) is 17.2. The van der Waals surface area contributed by atoms with Gasteiger partial charge in [-0.1, -0.05) is 18.2 Å². The van der Waals surface area contributed by atoms with Crippen molar-refractivity contribution < 1.29 is 18.4 Å². The van der Waals surface area contributed by atoms with E-state index in [2.05, 4.69) is 10.4 Å². The smallest absolute Gasteiger partial charge is 0.278 e. The first-order valence-corrected chi connectivity index (χ1v) is 10.1. The van der Waals surface area contributed by atoms with Gasteiger partial charge in [0.2, 0.25) is 5.91 Å². The summed E-state index contributed by atoms with van der Waals surface area (Å²) in [4.78, 5) is 39.1. The number of halogens is 2. The largest absolute Gasteiger partial charge is 0.324 e. The molecule has 0 fully saturated rings. The molecule has 0 saturated heterocycles. The molecule has 32 heavy (non-hydrogen) atoms. The maximum atomic E-state index is 13.7. The molecule has 164 valence electrons. The molecule has 2 amide bonds. The predicted octanol–water partition coefficient (Wildman–Crippen LogP) is 3.14. The number of para-hydroxylation sites is 1. The van der Waals surface area contributed by atoms with E-state index < -0.39 is 23.1 Å². The van der Waals surface area contributed by atoms with Gasteiger partial charge in [-0.05, 0) is 43.2 Å². The molecular weight excluding hydrogens is 418 g/mol. The second-order valence-electron chi connectivity index (χ2n) is 7.56. The predicted molar refractivity (Wildman–Crippen MR) is 115 cm³/mol. The third-order valence-corrected chi connectivity index (χ3v) is 5.27. The number of rotatable bonds is 5. The Morgan fingerprint density at radius 1 is 1.12 bits per heavy atom. The van der Waals surface area contributed by atoms with E-state index in [0.717, 1.165) is 34.5 Å². The summed E-state index contributed by atoms with van der Waals surface area (Å²) in [5.41, 5.74) is 1.31. The normalized spacial score (nSPS) is 14.8. The van der Waals surface area contributed by atoms with Crippen molar-refractivity contribution in [1.82, 2.24) is 9.78 Å². The van der Waals surface area contributed by atoms with Crippen molar-refractivity contribution in [2.75, 3.05) is 10.2 Å². The minimum atomic E-state index is -0.902. The Hall–Kier alpha value is -3.88. The minimum absolute atomic E-state index is 0.0570. The van der Waals surface area contributed by atoms with Crippen LogP contribution in [0, 0.1) is 11.6 Å². The maximum Gasteiger partial charge on any atom is 0.278 e. The van der Waals surface area contributed by atoms with E-state index in [1.165, 1.54) is 12.1 Å². The van der Waals surface area contributed by atoms with Crippen molar-refractivity contribution in [2.24, 2.45) is 0 Å². The highest BCUT2D eigenvalue weighted by Gasteiger charge is 2.32. The first-order chi connectivity index (χ1) is 15.3. The van der Waals surface area contributed by atoms with Gasteiger partial charge in [-0.25, -0.2) is 13.5 Å². The van der Waals surface area contributed by atoms with Crippen LogP contribution in [-0.2, 0) is 17.8 Å². The average molecular weight is 438 g/mol. The highest BCUT2D eigenvalue weighted by molar-refractivity contribution is 6.06. The van der Waals surface area contributed by atoms with Gasteiger partial charge in [-0.3, -0.25) is 14.4 Å². The Bertz CT molecular complexity index is 1260. The summed E-state index contributed by atoms with van der Waals surface area (Å²) in [6.07, 6.45) is 0.534. The van der Waals surface area contributed by atoms with Crippen LogP contribution >= 0.6 is 0 Å². The molecule has 0 aliphatic carbocycles. The number of nitrogens with zero attached hydrogens (tertiary/aromatic N) is 3. The van der Waals surface area contributed by atoms with E-state index in [0.29, 0.717) is 6.07 Å². The lowest BCUT2D eigenvalue weighted by Gasteiger charge is -2.22. The molecule has 2 aromatic carbocycles. The van der Waals surface area contributed by atoms with Gasteiger partial charge in [0, 0.05) is 30.3 Å². The Balaban J connectivity index is 1.48. The Labute approximate surface area is 182 Å². The average Bonchev–Trinajstić information content (AvgIpc) is 3.10. The number of anilines is 2. The van der Waals surface area contributed by atoms with Crippen molar-refractivity contribution in [1.29, 1.82) is 0 Å². The number of fused-ring (bicyclic) bond motifs is 1. The molecule has 0 unspecified atom stereocenters. The third-order valence-electron chi connectivity index (χ3n) is 5.27. The molecule has 0 spiro atoms. The number of amides is 2. The fourth-order valence-electron chi connectivity index (χ4n) is 3.73. The highest BCUT2D eigenvalue weighted by Crippen LogP contribution is 2.32. The zero-order valence-electron chi connectivity index (χ0n) is 17.2. The van der Waals surface area contributed by atoms with Gasteiger partial charge in [0.15, 0.2) is 0 Å². The summed E-state index contributed by atoms with van der Waals surface area (Å²) in [5, 5.41) is 6.47. The molecule has 2 heterocycles. The van der Waals surface area contributed by atoms with E-state index in [4.69, 9.17) is 0 Å². The molecule has 1 aliphatic rings. The van der Waals surface area contributed by atoms with Crippen LogP contribution in [0.25, 0.3) is 0 Å². The topological polar surface area (TPSA) is 84.3 Å². The van der Waals surface area contributed by atoms with Gasteiger partial charge >= 0.3 is 0 Å². The first kappa shape index (κ1) is 21.4. The van der Waals surface area contributed by atoms with Crippen molar-refractivity contribution in [2.45, 2.75) is 32.4 Å². The first-order valence-electron chi connectivity index (χ1n) is 10.1. The van der Waals surface area contributed by atoms with Crippen LogP contribution in [0.3, 0.4) is 0 Å². The Kier molecular flexibility index (Phi) is 5.81. The summed E-state index contributed by atoms with van der Waals surface area (Å²) in [6.45, 7) is 1.83. The van der Waals surface area contributed by atoms with Crippen molar-refractivity contribution in [3.05, 3.63) is 87.8 Å². The molecule has 0 bridgehead atoms. The second kappa shape index (κ2) is 8.70. The van der Waals surface area contributed by atoms with Crippen LogP contribution < -0.4 is 15.8 Å². The third kappa shape index (κ3) is 4.27. The molecule has 1 aliphatic heterocycles. The van der Waals surface area contributed by atoms with Gasteiger partial charge in [0.05, 0.1) is 12.2 Å². The lowest BCUT2D eigenvalue weighted by Crippen LogP contribution is -2.37. The fourth-order valence-corrected chi connectivity index (χ4v) is 3.73. The van der Waals surface area contributed by atoms with Crippen LogP contribution in [0.2, 0.25) is 0 Å². The van der Waals surface area contributed by atoms with Gasteiger partial charge in [-0.15, -0.1) is 0 Å². The number of aromatic nitrogens is 2. The van der Waals surface area contributed by atoms with Crippen molar-refractivity contribution in [3.8, 4) is 0 Å². The molecule has 0 radical (unpaired) electrons. The molecule has 1 atom stereocenters. The Morgan fingerprint density at radius 2 is 1.91 bits per heavy atom. The summed E-state index contributed by atoms with van der Waals surface area (Å²) >= 11 is 0. The number of carbonyl (C=O) groups is 2. The number of benzene rings is 2. The lowest BCUT2D eigenvalue weighted by molar-refractivity contribution is -0.116. The van der Waals surface area contributed by atoms with Crippen LogP contribution in [0.5, 0.6) is 0 Å². The zero-order chi connectivity index (χ0) is 22.8. The molecule has 4 rings (SSSR count). The number of aryl methyl sites for hydroxylation is 1. The number of hydrogen-bond donors (Lipinski definition) is 1. The molecule has 0 saturated carbocycles. The van der Waals surface area contributed by atoms with Crippen molar-refractivity contribution in [3.63, 3.8) is 0 Å². The van der Waals surface area contributed by atoms with Crippen LogP contribution in [-0.4, -0.2) is 27.6 Å². The van der Waals surface area contributed by atoms with Gasteiger partial charge in [0.1, 0.15) is 17.3 Å².